The van der Waals surface area contributed by atoms with E-state index in [0.29, 0.717) is 13.0 Å². The summed E-state index contributed by atoms with van der Waals surface area (Å²) in [6.45, 7) is 6.47. The first-order chi connectivity index (χ1) is 7.04. The summed E-state index contributed by atoms with van der Waals surface area (Å²) in [5.41, 5.74) is 1.03. The van der Waals surface area contributed by atoms with Gasteiger partial charge in [-0.05, 0) is 26.7 Å². The Balaban J connectivity index is 2.17. The van der Waals surface area contributed by atoms with Gasteiger partial charge in [0.2, 0.25) is 5.91 Å². The standard InChI is InChI=1S/C12H19NO2/c1-4-11(14)13-10(7-9-5-6-9)8-15-12(13,2)3/h7,10H,4-6,8H2,1-3H3/t10-/m0/s1. The summed E-state index contributed by atoms with van der Waals surface area (Å²) in [5, 5.41) is 0. The van der Waals surface area contributed by atoms with Crippen LogP contribution in [0.4, 0.5) is 0 Å². The van der Waals surface area contributed by atoms with Crippen LogP contribution in [0, 0.1) is 0 Å². The lowest BCUT2D eigenvalue weighted by Crippen LogP contribution is -2.47. The van der Waals surface area contributed by atoms with Crippen LogP contribution in [0.15, 0.2) is 11.6 Å². The Morgan fingerprint density at radius 1 is 1.60 bits per heavy atom. The van der Waals surface area contributed by atoms with Crippen molar-refractivity contribution in [2.75, 3.05) is 6.61 Å². The van der Waals surface area contributed by atoms with Crippen molar-refractivity contribution >= 4 is 5.91 Å². The van der Waals surface area contributed by atoms with E-state index >= 15 is 0 Å². The molecule has 0 spiro atoms. The van der Waals surface area contributed by atoms with Gasteiger partial charge < -0.3 is 9.64 Å². The first-order valence-electron chi connectivity index (χ1n) is 5.70. The monoisotopic (exact) mass is 209 g/mol. The SMILES string of the molecule is CCC(=O)N1[C@@H](C=C2CC2)COC1(C)C. The Hall–Kier alpha value is -0.830. The number of amides is 1. The molecular formula is C12H19NO2. The molecule has 1 aliphatic carbocycles. The highest BCUT2D eigenvalue weighted by Gasteiger charge is 2.42. The molecule has 3 nitrogen and oxygen atoms in total. The number of rotatable bonds is 2. The summed E-state index contributed by atoms with van der Waals surface area (Å²) in [7, 11) is 0. The molecule has 1 amide bonds. The topological polar surface area (TPSA) is 29.5 Å². The van der Waals surface area contributed by atoms with E-state index in [4.69, 9.17) is 4.74 Å². The fourth-order valence-corrected chi connectivity index (χ4v) is 2.12. The highest BCUT2D eigenvalue weighted by atomic mass is 16.5. The van der Waals surface area contributed by atoms with Gasteiger partial charge in [0, 0.05) is 6.42 Å². The number of hydrogen-bond donors (Lipinski definition) is 0. The zero-order chi connectivity index (χ0) is 11.1. The minimum absolute atomic E-state index is 0.157. The van der Waals surface area contributed by atoms with Crippen molar-refractivity contribution < 1.29 is 9.53 Å². The number of ether oxygens (including phenoxy) is 1. The molecule has 0 unspecified atom stereocenters. The lowest BCUT2D eigenvalue weighted by Gasteiger charge is -2.32. The maximum Gasteiger partial charge on any atom is 0.225 e. The summed E-state index contributed by atoms with van der Waals surface area (Å²) >= 11 is 0. The van der Waals surface area contributed by atoms with Crippen molar-refractivity contribution in [3.8, 4) is 0 Å². The molecule has 2 aliphatic rings. The van der Waals surface area contributed by atoms with Crippen LogP contribution in [0.25, 0.3) is 0 Å². The molecule has 0 aromatic carbocycles. The molecular weight excluding hydrogens is 190 g/mol. The van der Waals surface area contributed by atoms with Crippen LogP contribution < -0.4 is 0 Å². The van der Waals surface area contributed by atoms with Gasteiger partial charge in [0.15, 0.2) is 0 Å². The lowest BCUT2D eigenvalue weighted by molar-refractivity contribution is -0.144. The van der Waals surface area contributed by atoms with Gasteiger partial charge in [0.25, 0.3) is 0 Å². The predicted molar refractivity (Wildman–Crippen MR) is 58.3 cm³/mol. The second kappa shape index (κ2) is 3.63. The maximum atomic E-state index is 11.9. The summed E-state index contributed by atoms with van der Waals surface area (Å²) in [6.07, 6.45) is 5.16. The molecule has 1 aliphatic heterocycles. The summed E-state index contributed by atoms with van der Waals surface area (Å²) < 4.78 is 5.68. The molecule has 2 rings (SSSR count). The van der Waals surface area contributed by atoms with E-state index < -0.39 is 5.72 Å². The van der Waals surface area contributed by atoms with Gasteiger partial charge in [-0.1, -0.05) is 18.6 Å². The summed E-state index contributed by atoms with van der Waals surface area (Å²) in [6, 6.07) is 0.157. The Morgan fingerprint density at radius 3 is 2.80 bits per heavy atom. The van der Waals surface area contributed by atoms with Gasteiger partial charge in [-0.25, -0.2) is 0 Å². The van der Waals surface area contributed by atoms with E-state index in [-0.39, 0.29) is 11.9 Å². The van der Waals surface area contributed by atoms with Crippen molar-refractivity contribution in [2.24, 2.45) is 0 Å². The summed E-state index contributed by atoms with van der Waals surface area (Å²) in [5.74, 6) is 0.181. The molecule has 2 fully saturated rings. The lowest BCUT2D eigenvalue weighted by atomic mass is 10.1. The van der Waals surface area contributed by atoms with Crippen molar-refractivity contribution in [1.29, 1.82) is 0 Å². The van der Waals surface area contributed by atoms with Crippen LogP contribution in [-0.4, -0.2) is 29.2 Å². The molecule has 0 bridgehead atoms. The Bertz CT molecular complexity index is 301. The van der Waals surface area contributed by atoms with Gasteiger partial charge >= 0.3 is 0 Å². The average Bonchev–Trinajstić information content (AvgIpc) is 2.92. The molecule has 0 aromatic heterocycles. The fourth-order valence-electron chi connectivity index (χ4n) is 2.12. The van der Waals surface area contributed by atoms with E-state index in [2.05, 4.69) is 6.08 Å². The Morgan fingerprint density at radius 2 is 2.27 bits per heavy atom. The second-order valence-corrected chi connectivity index (χ2v) is 4.77. The van der Waals surface area contributed by atoms with Gasteiger partial charge in [-0.15, -0.1) is 0 Å². The zero-order valence-corrected chi connectivity index (χ0v) is 9.75. The van der Waals surface area contributed by atoms with E-state index in [1.165, 1.54) is 18.4 Å². The molecule has 0 radical (unpaired) electrons. The third-order valence-corrected chi connectivity index (χ3v) is 3.06. The smallest absolute Gasteiger partial charge is 0.225 e. The van der Waals surface area contributed by atoms with Gasteiger partial charge in [-0.3, -0.25) is 4.79 Å². The minimum Gasteiger partial charge on any atom is -0.354 e. The highest BCUT2D eigenvalue weighted by molar-refractivity contribution is 5.77. The molecule has 0 aromatic rings. The summed E-state index contributed by atoms with van der Waals surface area (Å²) in [4.78, 5) is 13.7. The molecule has 1 heterocycles. The molecule has 3 heteroatoms. The van der Waals surface area contributed by atoms with Crippen LogP contribution in [0.2, 0.25) is 0 Å². The molecule has 1 atom stereocenters. The minimum atomic E-state index is -0.441. The largest absolute Gasteiger partial charge is 0.354 e. The van der Waals surface area contributed by atoms with Crippen LogP contribution in [0.3, 0.4) is 0 Å². The van der Waals surface area contributed by atoms with E-state index in [9.17, 15) is 4.79 Å². The number of carbonyl (C=O) groups is 1. The van der Waals surface area contributed by atoms with Crippen molar-refractivity contribution in [1.82, 2.24) is 4.90 Å². The van der Waals surface area contributed by atoms with Gasteiger partial charge in [0.1, 0.15) is 5.72 Å². The average molecular weight is 209 g/mol. The highest BCUT2D eigenvalue weighted by Crippen LogP contribution is 2.34. The fraction of sp³-hybridized carbons (Fsp3) is 0.750. The molecule has 15 heavy (non-hydrogen) atoms. The normalized spacial score (nSPS) is 28.1. The van der Waals surface area contributed by atoms with Gasteiger partial charge in [0.05, 0.1) is 12.6 Å². The molecule has 84 valence electrons. The van der Waals surface area contributed by atoms with Crippen LogP contribution in [0.5, 0.6) is 0 Å². The molecule has 0 N–H and O–H groups in total. The number of carbonyl (C=O) groups excluding carboxylic acids is 1. The third kappa shape index (κ3) is 2.07. The third-order valence-electron chi connectivity index (χ3n) is 3.06. The van der Waals surface area contributed by atoms with Crippen LogP contribution in [0.1, 0.15) is 40.0 Å². The number of nitrogens with zero attached hydrogens (tertiary/aromatic N) is 1. The first-order valence-corrected chi connectivity index (χ1v) is 5.70. The quantitative estimate of drug-likeness (QED) is 0.652. The Kier molecular flexibility index (Phi) is 2.59. The number of allylic oxidation sites excluding steroid dienone is 1. The Labute approximate surface area is 91.1 Å². The molecule has 1 saturated heterocycles. The van der Waals surface area contributed by atoms with Crippen molar-refractivity contribution in [3.63, 3.8) is 0 Å². The zero-order valence-electron chi connectivity index (χ0n) is 9.75. The van der Waals surface area contributed by atoms with E-state index in [1.807, 2.05) is 25.7 Å². The van der Waals surface area contributed by atoms with E-state index in [0.717, 1.165) is 0 Å². The van der Waals surface area contributed by atoms with Crippen LogP contribution in [-0.2, 0) is 9.53 Å². The van der Waals surface area contributed by atoms with E-state index in [1.54, 1.807) is 0 Å². The number of hydrogen-bond acceptors (Lipinski definition) is 2. The van der Waals surface area contributed by atoms with Crippen molar-refractivity contribution in [3.05, 3.63) is 11.6 Å². The second-order valence-electron chi connectivity index (χ2n) is 4.77. The maximum absolute atomic E-state index is 11.9. The van der Waals surface area contributed by atoms with Gasteiger partial charge in [-0.2, -0.15) is 0 Å². The predicted octanol–water partition coefficient (Wildman–Crippen LogP) is 2.08. The molecule has 1 saturated carbocycles. The van der Waals surface area contributed by atoms with Crippen LogP contribution >= 0.6 is 0 Å². The first kappa shape index (κ1) is 10.7. The van der Waals surface area contributed by atoms with Crippen molar-refractivity contribution in [2.45, 2.75) is 51.8 Å².